The summed E-state index contributed by atoms with van der Waals surface area (Å²) >= 11 is 5.76. The molecule has 0 spiro atoms. The minimum atomic E-state index is -3.72. The Labute approximate surface area is 111 Å². The van der Waals surface area contributed by atoms with Crippen LogP contribution >= 0.6 is 11.6 Å². The largest absolute Gasteiger partial charge is 0.392 e. The van der Waals surface area contributed by atoms with Crippen LogP contribution in [0.2, 0.25) is 5.02 Å². The summed E-state index contributed by atoms with van der Waals surface area (Å²) in [7, 11) is -3.72. The van der Waals surface area contributed by atoms with Gasteiger partial charge < -0.3 is 5.11 Å². The molecule has 0 aromatic heterocycles. The van der Waals surface area contributed by atoms with Crippen LogP contribution in [0.15, 0.2) is 23.1 Å². The van der Waals surface area contributed by atoms with Gasteiger partial charge in [-0.2, -0.15) is 5.26 Å². The molecule has 0 aliphatic rings. The number of nitriles is 1. The Hall–Kier alpha value is -1.13. The van der Waals surface area contributed by atoms with E-state index in [-0.39, 0.29) is 22.0 Å². The summed E-state index contributed by atoms with van der Waals surface area (Å²) in [6, 6.07) is 5.69. The highest BCUT2D eigenvalue weighted by Gasteiger charge is 2.16. The molecule has 0 aliphatic heterocycles. The maximum atomic E-state index is 11.8. The van der Waals surface area contributed by atoms with E-state index in [4.69, 9.17) is 16.9 Å². The highest BCUT2D eigenvalue weighted by atomic mass is 35.5. The molecule has 0 radical (unpaired) electrons. The van der Waals surface area contributed by atoms with Crippen LogP contribution in [0.25, 0.3) is 0 Å². The van der Waals surface area contributed by atoms with E-state index in [1.165, 1.54) is 18.2 Å². The number of aliphatic hydroxyl groups is 1. The van der Waals surface area contributed by atoms with Crippen molar-refractivity contribution in [3.8, 4) is 6.07 Å². The maximum Gasteiger partial charge on any atom is 0.240 e. The van der Waals surface area contributed by atoms with Crippen LogP contribution < -0.4 is 4.72 Å². The molecule has 0 heterocycles. The van der Waals surface area contributed by atoms with Gasteiger partial charge in [-0.25, -0.2) is 13.1 Å². The van der Waals surface area contributed by atoms with Gasteiger partial charge in [0.25, 0.3) is 0 Å². The molecule has 0 bridgehead atoms. The highest BCUT2D eigenvalue weighted by molar-refractivity contribution is 7.89. The fourth-order valence-electron chi connectivity index (χ4n) is 1.19. The predicted octanol–water partition coefficient (Wildman–Crippen LogP) is 1.26. The van der Waals surface area contributed by atoms with Gasteiger partial charge in [0.2, 0.25) is 10.0 Å². The van der Waals surface area contributed by atoms with Gasteiger partial charge >= 0.3 is 0 Å². The van der Waals surface area contributed by atoms with E-state index in [0.717, 1.165) is 0 Å². The fourth-order valence-corrected chi connectivity index (χ4v) is 2.57. The lowest BCUT2D eigenvalue weighted by Gasteiger charge is -2.10. The second-order valence-electron chi connectivity index (χ2n) is 3.67. The minimum absolute atomic E-state index is 0.0326. The van der Waals surface area contributed by atoms with Crippen molar-refractivity contribution in [2.75, 3.05) is 6.54 Å². The molecule has 0 saturated carbocycles. The maximum absolute atomic E-state index is 11.8. The molecule has 1 rings (SSSR count). The van der Waals surface area contributed by atoms with Gasteiger partial charge in [0.05, 0.1) is 21.6 Å². The number of benzene rings is 1. The lowest BCUT2D eigenvalue weighted by Crippen LogP contribution is -2.31. The second-order valence-corrected chi connectivity index (χ2v) is 5.84. The molecule has 98 valence electrons. The van der Waals surface area contributed by atoms with Gasteiger partial charge in [-0.05, 0) is 24.6 Å². The summed E-state index contributed by atoms with van der Waals surface area (Å²) in [6.45, 7) is 1.69. The number of hydrogen-bond donors (Lipinski definition) is 2. The molecule has 1 unspecified atom stereocenters. The molecule has 5 nitrogen and oxygen atoms in total. The zero-order chi connectivity index (χ0) is 13.8. The summed E-state index contributed by atoms with van der Waals surface area (Å²) in [4.78, 5) is -0.0326. The normalized spacial score (nSPS) is 13.0. The van der Waals surface area contributed by atoms with Crippen molar-refractivity contribution in [3.63, 3.8) is 0 Å². The molecule has 18 heavy (non-hydrogen) atoms. The number of aliphatic hydroxyl groups excluding tert-OH is 1. The van der Waals surface area contributed by atoms with E-state index in [0.29, 0.717) is 6.42 Å². The Bertz CT molecular complexity index is 566. The van der Waals surface area contributed by atoms with E-state index in [9.17, 15) is 13.5 Å². The van der Waals surface area contributed by atoms with Crippen molar-refractivity contribution in [2.24, 2.45) is 0 Å². The number of sulfonamides is 1. The van der Waals surface area contributed by atoms with E-state index >= 15 is 0 Å². The lowest BCUT2D eigenvalue weighted by atomic mass is 10.2. The first kappa shape index (κ1) is 14.9. The van der Waals surface area contributed by atoms with Crippen LogP contribution in [-0.4, -0.2) is 26.2 Å². The monoisotopic (exact) mass is 288 g/mol. The smallest absolute Gasteiger partial charge is 0.240 e. The van der Waals surface area contributed by atoms with Crippen LogP contribution in [-0.2, 0) is 10.0 Å². The predicted molar refractivity (Wildman–Crippen MR) is 67.7 cm³/mol. The van der Waals surface area contributed by atoms with Crippen LogP contribution in [0.3, 0.4) is 0 Å². The summed E-state index contributed by atoms with van der Waals surface area (Å²) in [6.07, 6.45) is -0.273. The summed E-state index contributed by atoms with van der Waals surface area (Å²) in [5.74, 6) is 0. The van der Waals surface area contributed by atoms with E-state index in [1.807, 2.05) is 6.07 Å². The molecular weight excluding hydrogens is 276 g/mol. The Morgan fingerprint density at radius 1 is 1.56 bits per heavy atom. The first-order chi connectivity index (χ1) is 8.40. The van der Waals surface area contributed by atoms with Crippen molar-refractivity contribution < 1.29 is 13.5 Å². The molecule has 0 saturated heterocycles. The number of nitrogens with one attached hydrogen (secondary N) is 1. The second kappa shape index (κ2) is 6.16. The molecule has 1 aromatic carbocycles. The molecule has 1 aromatic rings. The molecular formula is C11H13ClN2O3S. The Kier molecular flexibility index (Phi) is 5.11. The molecule has 2 N–H and O–H groups in total. The fraction of sp³-hybridized carbons (Fsp3) is 0.364. The van der Waals surface area contributed by atoms with Crippen LogP contribution in [0, 0.1) is 11.3 Å². The SMILES string of the molecule is CCC(O)CNS(=O)(=O)c1ccc(C#N)c(Cl)c1. The van der Waals surface area contributed by atoms with Crippen molar-refractivity contribution >= 4 is 21.6 Å². The quantitative estimate of drug-likeness (QED) is 0.853. The number of hydrogen-bond acceptors (Lipinski definition) is 4. The molecule has 1 atom stereocenters. The summed E-state index contributed by atoms with van der Waals surface area (Å²) in [5, 5.41) is 18.1. The van der Waals surface area contributed by atoms with Crippen molar-refractivity contribution in [1.82, 2.24) is 4.72 Å². The highest BCUT2D eigenvalue weighted by Crippen LogP contribution is 2.19. The van der Waals surface area contributed by atoms with Gasteiger partial charge in [0.1, 0.15) is 6.07 Å². The Balaban J connectivity index is 2.93. The van der Waals surface area contributed by atoms with E-state index in [2.05, 4.69) is 4.72 Å². The lowest BCUT2D eigenvalue weighted by molar-refractivity contribution is 0.174. The summed E-state index contributed by atoms with van der Waals surface area (Å²) < 4.78 is 26.0. The molecule has 0 aliphatic carbocycles. The first-order valence-electron chi connectivity index (χ1n) is 5.28. The average molecular weight is 289 g/mol. The zero-order valence-electron chi connectivity index (χ0n) is 9.72. The van der Waals surface area contributed by atoms with Crippen LogP contribution in [0.1, 0.15) is 18.9 Å². The number of halogens is 1. The topological polar surface area (TPSA) is 90.2 Å². The molecule has 0 fully saturated rings. The number of nitrogens with zero attached hydrogens (tertiary/aromatic N) is 1. The van der Waals surface area contributed by atoms with Gasteiger partial charge in [0, 0.05) is 6.54 Å². The summed E-state index contributed by atoms with van der Waals surface area (Å²) in [5.41, 5.74) is 0.212. The van der Waals surface area contributed by atoms with Crippen molar-refractivity contribution in [2.45, 2.75) is 24.3 Å². The van der Waals surface area contributed by atoms with E-state index in [1.54, 1.807) is 6.92 Å². The van der Waals surface area contributed by atoms with Gasteiger partial charge in [0.15, 0.2) is 0 Å². The minimum Gasteiger partial charge on any atom is -0.392 e. The standard InChI is InChI=1S/C11H13ClN2O3S/c1-2-9(15)7-14-18(16,17)10-4-3-8(6-13)11(12)5-10/h3-5,9,14-15H,2,7H2,1H3. The third-order valence-corrected chi connectivity index (χ3v) is 4.09. The third kappa shape index (κ3) is 3.68. The van der Waals surface area contributed by atoms with Crippen LogP contribution in [0.5, 0.6) is 0 Å². The Morgan fingerprint density at radius 2 is 2.22 bits per heavy atom. The van der Waals surface area contributed by atoms with Gasteiger partial charge in [-0.1, -0.05) is 18.5 Å². The van der Waals surface area contributed by atoms with Crippen molar-refractivity contribution in [1.29, 1.82) is 5.26 Å². The molecule has 7 heteroatoms. The number of rotatable bonds is 5. The zero-order valence-corrected chi connectivity index (χ0v) is 11.3. The first-order valence-corrected chi connectivity index (χ1v) is 7.14. The van der Waals surface area contributed by atoms with Crippen molar-refractivity contribution in [3.05, 3.63) is 28.8 Å². The van der Waals surface area contributed by atoms with E-state index < -0.39 is 16.1 Å². The average Bonchev–Trinajstić information content (AvgIpc) is 2.35. The third-order valence-electron chi connectivity index (χ3n) is 2.35. The van der Waals surface area contributed by atoms with Crippen LogP contribution in [0.4, 0.5) is 0 Å². The van der Waals surface area contributed by atoms with Gasteiger partial charge in [-0.15, -0.1) is 0 Å². The molecule has 0 amide bonds. The van der Waals surface area contributed by atoms with Gasteiger partial charge in [-0.3, -0.25) is 0 Å². The Morgan fingerprint density at radius 3 is 2.72 bits per heavy atom.